The van der Waals surface area contributed by atoms with E-state index in [1.54, 1.807) is 6.92 Å². The van der Waals surface area contributed by atoms with Crippen molar-refractivity contribution in [3.8, 4) is 6.07 Å². The maximum Gasteiger partial charge on any atom is 0.0846 e. The molecular weight excluding hydrogens is 198 g/mol. The van der Waals surface area contributed by atoms with Crippen molar-refractivity contribution in [2.45, 2.75) is 44.6 Å². The van der Waals surface area contributed by atoms with E-state index in [0.29, 0.717) is 6.42 Å². The first kappa shape index (κ1) is 12.7. The Morgan fingerprint density at radius 3 is 2.44 bits per heavy atom. The Hall–Kier alpha value is -1.33. The number of hydrogen-bond acceptors (Lipinski definition) is 2. The Bertz CT molecular complexity index is 353. The van der Waals surface area contributed by atoms with Crippen LogP contribution in [-0.4, -0.2) is 11.2 Å². The molecule has 86 valence electrons. The summed E-state index contributed by atoms with van der Waals surface area (Å²) in [6, 6.07) is 12.2. The molecule has 0 radical (unpaired) electrons. The van der Waals surface area contributed by atoms with E-state index in [4.69, 9.17) is 0 Å². The molecule has 1 N–H and O–H groups in total. The predicted molar refractivity (Wildman–Crippen MR) is 64.9 cm³/mol. The summed E-state index contributed by atoms with van der Waals surface area (Å²) in [7, 11) is 0. The van der Waals surface area contributed by atoms with Crippen LogP contribution in [0.5, 0.6) is 0 Å². The highest BCUT2D eigenvalue weighted by Crippen LogP contribution is 2.33. The zero-order valence-corrected chi connectivity index (χ0v) is 9.98. The van der Waals surface area contributed by atoms with E-state index in [9.17, 15) is 10.4 Å². The molecule has 2 nitrogen and oxygen atoms in total. The summed E-state index contributed by atoms with van der Waals surface area (Å²) >= 11 is 0. The molecule has 2 heteroatoms. The van der Waals surface area contributed by atoms with Gasteiger partial charge in [0.2, 0.25) is 0 Å². The van der Waals surface area contributed by atoms with Crippen molar-refractivity contribution in [2.24, 2.45) is 0 Å². The summed E-state index contributed by atoms with van der Waals surface area (Å²) in [6.45, 7) is 3.81. The van der Waals surface area contributed by atoms with Gasteiger partial charge in [0.25, 0.3) is 0 Å². The molecule has 0 saturated carbocycles. The average Bonchev–Trinajstić information content (AvgIpc) is 2.29. The fourth-order valence-corrected chi connectivity index (χ4v) is 2.22. The van der Waals surface area contributed by atoms with Crippen LogP contribution in [0, 0.1) is 11.3 Å². The lowest BCUT2D eigenvalue weighted by molar-refractivity contribution is 0.158. The third kappa shape index (κ3) is 2.84. The molecule has 0 saturated heterocycles. The lowest BCUT2D eigenvalue weighted by Crippen LogP contribution is -2.28. The lowest BCUT2D eigenvalue weighted by Gasteiger charge is -2.28. The minimum atomic E-state index is -0.538. The SMILES string of the molecule is CCC[C@@](C#N)(C[C@H](C)O)c1ccccc1. The largest absolute Gasteiger partial charge is 0.393 e. The molecule has 1 aromatic rings. The number of nitriles is 1. The smallest absolute Gasteiger partial charge is 0.0846 e. The van der Waals surface area contributed by atoms with Gasteiger partial charge in [-0.2, -0.15) is 5.26 Å². The molecule has 1 rings (SSSR count). The van der Waals surface area contributed by atoms with Crippen LogP contribution >= 0.6 is 0 Å². The number of rotatable bonds is 5. The van der Waals surface area contributed by atoms with Crippen LogP contribution in [0.1, 0.15) is 38.7 Å². The van der Waals surface area contributed by atoms with Crippen LogP contribution < -0.4 is 0 Å². The summed E-state index contributed by atoms with van der Waals surface area (Å²) in [6.07, 6.45) is 1.78. The van der Waals surface area contributed by atoms with Gasteiger partial charge in [0, 0.05) is 0 Å². The number of benzene rings is 1. The molecule has 0 unspecified atom stereocenters. The van der Waals surface area contributed by atoms with Crippen molar-refractivity contribution in [3.63, 3.8) is 0 Å². The molecular formula is C14H19NO. The van der Waals surface area contributed by atoms with Crippen molar-refractivity contribution in [3.05, 3.63) is 35.9 Å². The molecule has 0 bridgehead atoms. The van der Waals surface area contributed by atoms with Gasteiger partial charge in [0.1, 0.15) is 0 Å². The first-order chi connectivity index (χ1) is 7.64. The highest BCUT2D eigenvalue weighted by atomic mass is 16.3. The highest BCUT2D eigenvalue weighted by Gasteiger charge is 2.32. The third-order valence-corrected chi connectivity index (χ3v) is 2.86. The first-order valence-electron chi connectivity index (χ1n) is 5.79. The number of aliphatic hydroxyl groups excluding tert-OH is 1. The Morgan fingerprint density at radius 2 is 2.00 bits per heavy atom. The van der Waals surface area contributed by atoms with E-state index in [-0.39, 0.29) is 0 Å². The number of aliphatic hydroxyl groups is 1. The van der Waals surface area contributed by atoms with Gasteiger partial charge >= 0.3 is 0 Å². The molecule has 2 atom stereocenters. The second-order valence-electron chi connectivity index (χ2n) is 4.36. The normalized spacial score (nSPS) is 16.1. The van der Waals surface area contributed by atoms with Gasteiger partial charge in [-0.1, -0.05) is 43.7 Å². The van der Waals surface area contributed by atoms with E-state index in [2.05, 4.69) is 13.0 Å². The topological polar surface area (TPSA) is 44.0 Å². The van der Waals surface area contributed by atoms with Crippen molar-refractivity contribution in [1.82, 2.24) is 0 Å². The van der Waals surface area contributed by atoms with Gasteiger partial charge in [0.15, 0.2) is 0 Å². The molecule has 0 spiro atoms. The van der Waals surface area contributed by atoms with Crippen LogP contribution in [0.4, 0.5) is 0 Å². The highest BCUT2D eigenvalue weighted by molar-refractivity contribution is 5.32. The monoisotopic (exact) mass is 217 g/mol. The van der Waals surface area contributed by atoms with Gasteiger partial charge in [-0.3, -0.25) is 0 Å². The lowest BCUT2D eigenvalue weighted by atomic mass is 9.74. The van der Waals surface area contributed by atoms with Crippen LogP contribution in [0.15, 0.2) is 30.3 Å². The summed E-state index contributed by atoms with van der Waals surface area (Å²) in [5, 5.41) is 19.0. The van der Waals surface area contributed by atoms with Gasteiger partial charge < -0.3 is 5.11 Å². The van der Waals surface area contributed by atoms with E-state index in [1.807, 2.05) is 30.3 Å². The number of nitrogens with zero attached hydrogens (tertiary/aromatic N) is 1. The van der Waals surface area contributed by atoms with E-state index in [0.717, 1.165) is 18.4 Å². The molecule has 0 fully saturated rings. The Balaban J connectivity index is 3.08. The molecule has 0 amide bonds. The maximum absolute atomic E-state index is 9.56. The zero-order valence-electron chi connectivity index (χ0n) is 9.98. The van der Waals surface area contributed by atoms with Crippen LogP contribution in [-0.2, 0) is 5.41 Å². The van der Waals surface area contributed by atoms with E-state index >= 15 is 0 Å². The van der Waals surface area contributed by atoms with E-state index < -0.39 is 11.5 Å². The van der Waals surface area contributed by atoms with E-state index in [1.165, 1.54) is 0 Å². The minimum absolute atomic E-state index is 0.452. The average molecular weight is 217 g/mol. The second kappa shape index (κ2) is 5.67. The van der Waals surface area contributed by atoms with Gasteiger partial charge in [-0.05, 0) is 25.3 Å². The predicted octanol–water partition coefficient (Wildman–Crippen LogP) is 3.02. The summed E-state index contributed by atoms with van der Waals surface area (Å²) in [5.74, 6) is 0. The third-order valence-electron chi connectivity index (χ3n) is 2.86. The Morgan fingerprint density at radius 1 is 1.38 bits per heavy atom. The molecule has 16 heavy (non-hydrogen) atoms. The van der Waals surface area contributed by atoms with Gasteiger partial charge in [-0.15, -0.1) is 0 Å². The molecule has 0 aliphatic carbocycles. The molecule has 0 aliphatic heterocycles. The summed E-state index contributed by atoms with van der Waals surface area (Å²) in [5.41, 5.74) is 0.477. The summed E-state index contributed by atoms with van der Waals surface area (Å²) in [4.78, 5) is 0. The van der Waals surface area contributed by atoms with Crippen LogP contribution in [0.3, 0.4) is 0 Å². The second-order valence-corrected chi connectivity index (χ2v) is 4.36. The molecule has 1 aromatic carbocycles. The van der Waals surface area contributed by atoms with Gasteiger partial charge in [-0.25, -0.2) is 0 Å². The van der Waals surface area contributed by atoms with Crippen LogP contribution in [0.2, 0.25) is 0 Å². The molecule has 0 aliphatic rings. The zero-order chi connectivity index (χ0) is 12.0. The quantitative estimate of drug-likeness (QED) is 0.824. The standard InChI is InChI=1S/C14H19NO/c1-3-9-14(11-15,10-12(2)16)13-7-5-4-6-8-13/h4-8,12,16H,3,9-10H2,1-2H3/t12-,14-/m0/s1. The summed E-state index contributed by atoms with van der Waals surface area (Å²) < 4.78 is 0. The minimum Gasteiger partial charge on any atom is -0.393 e. The molecule has 0 heterocycles. The number of hydrogen-bond donors (Lipinski definition) is 1. The fourth-order valence-electron chi connectivity index (χ4n) is 2.22. The Labute approximate surface area is 97.5 Å². The molecule has 0 aromatic heterocycles. The van der Waals surface area contributed by atoms with Crippen molar-refractivity contribution >= 4 is 0 Å². The fraction of sp³-hybridized carbons (Fsp3) is 0.500. The Kier molecular flexibility index (Phi) is 4.52. The van der Waals surface area contributed by atoms with Gasteiger partial charge in [0.05, 0.1) is 17.6 Å². The van der Waals surface area contributed by atoms with Crippen molar-refractivity contribution in [1.29, 1.82) is 5.26 Å². The van der Waals surface area contributed by atoms with Crippen LogP contribution in [0.25, 0.3) is 0 Å². The van der Waals surface area contributed by atoms with Crippen molar-refractivity contribution < 1.29 is 5.11 Å². The van der Waals surface area contributed by atoms with Crippen molar-refractivity contribution in [2.75, 3.05) is 0 Å². The first-order valence-corrected chi connectivity index (χ1v) is 5.79. The maximum atomic E-state index is 9.56.